The predicted octanol–water partition coefficient (Wildman–Crippen LogP) is 4.75. The van der Waals surface area contributed by atoms with E-state index in [1.165, 1.54) is 53.9 Å². The summed E-state index contributed by atoms with van der Waals surface area (Å²) in [4.78, 5) is 0. The number of benzene rings is 3. The predicted molar refractivity (Wildman–Crippen MR) is 88.2 cm³/mol. The summed E-state index contributed by atoms with van der Waals surface area (Å²) < 4.78 is 0. The van der Waals surface area contributed by atoms with Gasteiger partial charge in [-0.3, -0.25) is 0 Å². The molecule has 0 saturated carbocycles. The van der Waals surface area contributed by atoms with Gasteiger partial charge in [-0.1, -0.05) is 55.0 Å². The van der Waals surface area contributed by atoms with Crippen LogP contribution >= 0.6 is 0 Å². The topological polar surface area (TPSA) is 12.0 Å². The van der Waals surface area contributed by atoms with Gasteiger partial charge in [0, 0.05) is 0 Å². The molecule has 0 radical (unpaired) electrons. The molecule has 0 amide bonds. The van der Waals surface area contributed by atoms with Gasteiger partial charge in [-0.15, -0.1) is 0 Å². The third-order valence-electron chi connectivity index (χ3n) is 3.82. The van der Waals surface area contributed by atoms with Gasteiger partial charge < -0.3 is 5.32 Å². The van der Waals surface area contributed by atoms with Crippen LogP contribution in [-0.2, 0) is 0 Å². The fourth-order valence-electron chi connectivity index (χ4n) is 2.68. The smallest absolute Gasteiger partial charge is 0.00489 e. The maximum absolute atomic E-state index is 3.28. The summed E-state index contributed by atoms with van der Waals surface area (Å²) in [6, 6.07) is 21.4. The molecule has 1 aliphatic rings. The summed E-state index contributed by atoms with van der Waals surface area (Å²) in [6.07, 6.45) is 4.22. The van der Waals surface area contributed by atoms with Crippen molar-refractivity contribution in [3.05, 3.63) is 60.7 Å². The molecule has 0 spiro atoms. The quantitative estimate of drug-likeness (QED) is 0.577. The van der Waals surface area contributed by atoms with Crippen molar-refractivity contribution in [2.24, 2.45) is 0 Å². The lowest BCUT2D eigenvalue weighted by molar-refractivity contribution is 0.520. The van der Waals surface area contributed by atoms with Crippen LogP contribution in [0, 0.1) is 0 Å². The van der Waals surface area contributed by atoms with Crippen LogP contribution in [0.5, 0.6) is 0 Å². The van der Waals surface area contributed by atoms with Crippen LogP contribution in [0.25, 0.3) is 21.5 Å². The summed E-state index contributed by atoms with van der Waals surface area (Å²) in [6.45, 7) is 2.50. The maximum Gasteiger partial charge on any atom is -0.00489 e. The first kappa shape index (κ1) is 13.1. The summed E-state index contributed by atoms with van der Waals surface area (Å²) in [7, 11) is 0. The minimum absolute atomic E-state index is 1.25. The third kappa shape index (κ3) is 3.17. The van der Waals surface area contributed by atoms with E-state index in [0.717, 1.165) is 0 Å². The average Bonchev–Trinajstić information content (AvgIpc) is 2.55. The Kier molecular flexibility index (Phi) is 4.29. The number of hydrogen-bond donors (Lipinski definition) is 1. The van der Waals surface area contributed by atoms with Crippen molar-refractivity contribution in [2.75, 3.05) is 13.1 Å². The van der Waals surface area contributed by atoms with E-state index in [4.69, 9.17) is 0 Å². The van der Waals surface area contributed by atoms with Crippen LogP contribution in [0.15, 0.2) is 60.7 Å². The average molecular weight is 263 g/mol. The second kappa shape index (κ2) is 6.53. The zero-order valence-electron chi connectivity index (χ0n) is 11.8. The standard InChI is InChI=1S/C14H10.C5H11N/c1-2-6-12-10-14-8-4-3-7-13(14)9-11(12)5-1;1-2-4-6-5-3-1/h1-10H;6H,1-5H2. The lowest BCUT2D eigenvalue weighted by Gasteiger charge is -2.08. The van der Waals surface area contributed by atoms with E-state index in [1.54, 1.807) is 0 Å². The van der Waals surface area contributed by atoms with Crippen molar-refractivity contribution >= 4 is 21.5 Å². The lowest BCUT2D eigenvalue weighted by atomic mass is 10.0. The van der Waals surface area contributed by atoms with Crippen LogP contribution < -0.4 is 5.32 Å². The Labute approximate surface area is 120 Å². The largest absolute Gasteiger partial charge is 0.317 e. The van der Waals surface area contributed by atoms with Crippen molar-refractivity contribution in [3.8, 4) is 0 Å². The summed E-state index contributed by atoms with van der Waals surface area (Å²) >= 11 is 0. The molecule has 1 aliphatic heterocycles. The Morgan fingerprint density at radius 1 is 0.550 bits per heavy atom. The van der Waals surface area contributed by atoms with Crippen LogP contribution in [0.2, 0.25) is 0 Å². The van der Waals surface area contributed by atoms with E-state index in [-0.39, 0.29) is 0 Å². The van der Waals surface area contributed by atoms with Gasteiger partial charge >= 0.3 is 0 Å². The number of piperidine rings is 1. The number of rotatable bonds is 0. The fourth-order valence-corrected chi connectivity index (χ4v) is 2.68. The fraction of sp³-hybridized carbons (Fsp3) is 0.263. The van der Waals surface area contributed by atoms with Crippen molar-refractivity contribution < 1.29 is 0 Å². The molecule has 1 heteroatoms. The van der Waals surface area contributed by atoms with Gasteiger partial charge in [0.05, 0.1) is 0 Å². The summed E-state index contributed by atoms with van der Waals surface area (Å²) in [5, 5.41) is 8.53. The van der Waals surface area contributed by atoms with Gasteiger partial charge in [0.2, 0.25) is 0 Å². The molecule has 4 rings (SSSR count). The first-order valence-electron chi connectivity index (χ1n) is 7.52. The van der Waals surface area contributed by atoms with E-state index in [9.17, 15) is 0 Å². The zero-order chi connectivity index (χ0) is 13.6. The minimum atomic E-state index is 1.25. The normalized spacial score (nSPS) is 14.8. The van der Waals surface area contributed by atoms with Crippen molar-refractivity contribution in [1.29, 1.82) is 0 Å². The molecule has 0 aromatic heterocycles. The Morgan fingerprint density at radius 2 is 0.950 bits per heavy atom. The van der Waals surface area contributed by atoms with E-state index < -0.39 is 0 Å². The van der Waals surface area contributed by atoms with E-state index in [2.05, 4.69) is 66.0 Å². The molecule has 1 fully saturated rings. The highest BCUT2D eigenvalue weighted by Crippen LogP contribution is 2.21. The third-order valence-corrected chi connectivity index (χ3v) is 3.82. The molecule has 1 saturated heterocycles. The number of hydrogen-bond acceptors (Lipinski definition) is 1. The molecule has 1 heterocycles. The second-order valence-corrected chi connectivity index (χ2v) is 5.36. The minimum Gasteiger partial charge on any atom is -0.317 e. The molecule has 0 bridgehead atoms. The summed E-state index contributed by atoms with van der Waals surface area (Å²) in [5.74, 6) is 0. The first-order valence-corrected chi connectivity index (χ1v) is 7.52. The number of fused-ring (bicyclic) bond motifs is 2. The first-order chi connectivity index (χ1) is 9.93. The summed E-state index contributed by atoms with van der Waals surface area (Å²) in [5.41, 5.74) is 0. The molecule has 1 nitrogen and oxygen atoms in total. The maximum atomic E-state index is 3.28. The van der Waals surface area contributed by atoms with Crippen molar-refractivity contribution in [1.82, 2.24) is 5.32 Å². The molecule has 102 valence electrons. The molecule has 20 heavy (non-hydrogen) atoms. The molecule has 0 aliphatic carbocycles. The number of nitrogens with one attached hydrogen (secondary N) is 1. The van der Waals surface area contributed by atoms with E-state index in [0.29, 0.717) is 0 Å². The molecule has 3 aromatic rings. The Bertz CT molecular complexity index is 567. The van der Waals surface area contributed by atoms with Crippen molar-refractivity contribution in [3.63, 3.8) is 0 Å². The molecule has 1 N–H and O–H groups in total. The molecular formula is C19H21N. The van der Waals surface area contributed by atoms with Gasteiger partial charge in [-0.25, -0.2) is 0 Å². The van der Waals surface area contributed by atoms with Crippen LogP contribution in [0.1, 0.15) is 19.3 Å². The van der Waals surface area contributed by atoms with Crippen molar-refractivity contribution in [2.45, 2.75) is 19.3 Å². The van der Waals surface area contributed by atoms with Gasteiger partial charge in [0.15, 0.2) is 0 Å². The molecular weight excluding hydrogens is 242 g/mol. The highest BCUT2D eigenvalue weighted by molar-refractivity contribution is 5.98. The Balaban J connectivity index is 0.000000170. The van der Waals surface area contributed by atoms with Crippen LogP contribution in [0.3, 0.4) is 0 Å². The van der Waals surface area contributed by atoms with Gasteiger partial charge in [-0.2, -0.15) is 0 Å². The highest BCUT2D eigenvalue weighted by Gasteiger charge is 1.95. The second-order valence-electron chi connectivity index (χ2n) is 5.36. The van der Waals surface area contributed by atoms with Crippen LogP contribution in [-0.4, -0.2) is 13.1 Å². The monoisotopic (exact) mass is 263 g/mol. The van der Waals surface area contributed by atoms with E-state index in [1.807, 2.05) is 0 Å². The van der Waals surface area contributed by atoms with Gasteiger partial charge in [0.1, 0.15) is 0 Å². The molecule has 0 atom stereocenters. The van der Waals surface area contributed by atoms with Gasteiger partial charge in [0.25, 0.3) is 0 Å². The molecule has 3 aromatic carbocycles. The van der Waals surface area contributed by atoms with E-state index >= 15 is 0 Å². The molecule has 0 unspecified atom stereocenters. The zero-order valence-corrected chi connectivity index (χ0v) is 11.8. The van der Waals surface area contributed by atoms with Gasteiger partial charge in [-0.05, 0) is 59.6 Å². The Morgan fingerprint density at radius 3 is 1.20 bits per heavy atom. The SMILES string of the molecule is C1CCNCC1.c1ccc2cc3ccccc3cc2c1. The highest BCUT2D eigenvalue weighted by atomic mass is 14.9. The lowest BCUT2D eigenvalue weighted by Crippen LogP contribution is -2.21. The Hall–Kier alpha value is -1.86. The van der Waals surface area contributed by atoms with Crippen LogP contribution in [0.4, 0.5) is 0 Å².